The predicted molar refractivity (Wildman–Crippen MR) is 111 cm³/mol. The zero-order valence-electron chi connectivity index (χ0n) is 15.9. The Kier molecular flexibility index (Phi) is 5.19. The highest BCUT2D eigenvalue weighted by atomic mass is 32.2. The molecule has 3 aliphatic rings. The van der Waals surface area contributed by atoms with Crippen molar-refractivity contribution in [3.63, 3.8) is 0 Å². The minimum atomic E-state index is 0.0241. The topological polar surface area (TPSA) is 73.2 Å². The highest BCUT2D eigenvalue weighted by Crippen LogP contribution is 2.35. The fourth-order valence-corrected chi connectivity index (χ4v) is 6.23. The van der Waals surface area contributed by atoms with Crippen molar-refractivity contribution < 1.29 is 9.53 Å². The van der Waals surface area contributed by atoms with Gasteiger partial charge in [-0.15, -0.1) is 11.3 Å². The van der Waals surface area contributed by atoms with Crippen LogP contribution in [0.5, 0.6) is 0 Å². The lowest BCUT2D eigenvalue weighted by Crippen LogP contribution is -2.30. The largest absolute Gasteiger partial charge is 0.376 e. The SMILES string of the molecule is O=C(CSc1nc2sc3c(c2c(=O)n1C[C@@H]1CCCO1)CCCC3)NC1CC1. The number of aryl methyl sites for hydroxylation is 2. The number of nitrogens with zero attached hydrogens (tertiary/aromatic N) is 2. The quantitative estimate of drug-likeness (QED) is 0.576. The molecule has 6 nitrogen and oxygen atoms in total. The second kappa shape index (κ2) is 7.80. The van der Waals surface area contributed by atoms with E-state index in [1.165, 1.54) is 28.6 Å². The first-order valence-corrected chi connectivity index (χ1v) is 12.1. The summed E-state index contributed by atoms with van der Waals surface area (Å²) in [5.74, 6) is 0.321. The molecule has 5 rings (SSSR count). The predicted octanol–water partition coefficient (Wildman–Crippen LogP) is 2.89. The van der Waals surface area contributed by atoms with Crippen molar-refractivity contribution in [3.05, 3.63) is 20.8 Å². The zero-order chi connectivity index (χ0) is 19.1. The number of thiophene rings is 1. The fourth-order valence-electron chi connectivity index (χ4n) is 4.11. The van der Waals surface area contributed by atoms with Crippen LogP contribution >= 0.6 is 23.1 Å². The number of aromatic nitrogens is 2. The molecule has 0 bridgehead atoms. The number of hydrogen-bond acceptors (Lipinski definition) is 6. The summed E-state index contributed by atoms with van der Waals surface area (Å²) in [6, 6.07) is 0.349. The average Bonchev–Trinajstić information content (AvgIpc) is 3.21. The van der Waals surface area contributed by atoms with E-state index in [-0.39, 0.29) is 17.6 Å². The molecule has 28 heavy (non-hydrogen) atoms. The normalized spacial score (nSPS) is 21.8. The molecule has 0 unspecified atom stereocenters. The maximum absolute atomic E-state index is 13.5. The molecule has 2 aromatic rings. The number of fused-ring (bicyclic) bond motifs is 3. The summed E-state index contributed by atoms with van der Waals surface area (Å²) >= 11 is 3.04. The van der Waals surface area contributed by atoms with Crippen LogP contribution in [-0.4, -0.2) is 40.0 Å². The lowest BCUT2D eigenvalue weighted by atomic mass is 9.97. The van der Waals surface area contributed by atoms with Crippen LogP contribution in [-0.2, 0) is 28.9 Å². The number of hydrogen-bond donors (Lipinski definition) is 1. The highest BCUT2D eigenvalue weighted by molar-refractivity contribution is 7.99. The molecule has 0 aromatic carbocycles. The summed E-state index contributed by atoms with van der Waals surface area (Å²) in [7, 11) is 0. The van der Waals surface area contributed by atoms with Crippen LogP contribution in [0, 0.1) is 0 Å². The molecule has 1 saturated carbocycles. The summed E-state index contributed by atoms with van der Waals surface area (Å²) in [5, 5.41) is 4.47. The van der Waals surface area contributed by atoms with Crippen molar-refractivity contribution in [1.82, 2.24) is 14.9 Å². The van der Waals surface area contributed by atoms with E-state index in [4.69, 9.17) is 9.72 Å². The Bertz CT molecular complexity index is 958. The van der Waals surface area contributed by atoms with Crippen molar-refractivity contribution >= 4 is 39.2 Å². The van der Waals surface area contributed by atoms with Gasteiger partial charge in [0.15, 0.2) is 5.16 Å². The lowest BCUT2D eigenvalue weighted by molar-refractivity contribution is -0.118. The lowest BCUT2D eigenvalue weighted by Gasteiger charge is -2.16. The molecule has 0 radical (unpaired) electrons. The van der Waals surface area contributed by atoms with Crippen molar-refractivity contribution in [2.45, 2.75) is 75.2 Å². The van der Waals surface area contributed by atoms with Gasteiger partial charge in [-0.05, 0) is 56.9 Å². The summed E-state index contributed by atoms with van der Waals surface area (Å²) in [6.45, 7) is 1.29. The maximum Gasteiger partial charge on any atom is 0.263 e. The minimum Gasteiger partial charge on any atom is -0.376 e. The number of amides is 1. The monoisotopic (exact) mass is 419 g/mol. The number of carbonyl (C=O) groups is 1. The first-order valence-electron chi connectivity index (χ1n) is 10.3. The van der Waals surface area contributed by atoms with E-state index < -0.39 is 0 Å². The van der Waals surface area contributed by atoms with Gasteiger partial charge in [-0.3, -0.25) is 14.2 Å². The summed E-state index contributed by atoms with van der Waals surface area (Å²) in [6.07, 6.45) is 8.57. The number of thioether (sulfide) groups is 1. The molecule has 1 amide bonds. The summed E-state index contributed by atoms with van der Waals surface area (Å²) in [4.78, 5) is 32.6. The smallest absolute Gasteiger partial charge is 0.263 e. The maximum atomic E-state index is 13.5. The third-order valence-corrected chi connectivity index (χ3v) is 7.89. The van der Waals surface area contributed by atoms with Gasteiger partial charge >= 0.3 is 0 Å². The van der Waals surface area contributed by atoms with E-state index in [9.17, 15) is 9.59 Å². The number of rotatable bonds is 6. The number of nitrogens with one attached hydrogen (secondary N) is 1. The molecule has 1 aliphatic heterocycles. The Morgan fingerprint density at radius 2 is 2.11 bits per heavy atom. The van der Waals surface area contributed by atoms with Crippen LogP contribution in [0.2, 0.25) is 0 Å². The molecular formula is C20H25N3O3S2. The van der Waals surface area contributed by atoms with Gasteiger partial charge in [0.2, 0.25) is 5.91 Å². The second-order valence-electron chi connectivity index (χ2n) is 7.97. The molecule has 1 atom stereocenters. The second-order valence-corrected chi connectivity index (χ2v) is 9.99. The van der Waals surface area contributed by atoms with Crippen LogP contribution < -0.4 is 10.9 Å². The third kappa shape index (κ3) is 3.74. The molecular weight excluding hydrogens is 394 g/mol. The van der Waals surface area contributed by atoms with Gasteiger partial charge in [-0.2, -0.15) is 0 Å². The minimum absolute atomic E-state index is 0.0241. The van der Waals surface area contributed by atoms with Crippen LogP contribution in [0.4, 0.5) is 0 Å². The number of ether oxygens (including phenoxy) is 1. The van der Waals surface area contributed by atoms with E-state index in [2.05, 4.69) is 5.32 Å². The van der Waals surface area contributed by atoms with Crippen molar-refractivity contribution in [1.29, 1.82) is 0 Å². The molecule has 2 aliphatic carbocycles. The Morgan fingerprint density at radius 3 is 2.89 bits per heavy atom. The summed E-state index contributed by atoms with van der Waals surface area (Å²) in [5.41, 5.74) is 1.26. The van der Waals surface area contributed by atoms with Crippen LogP contribution in [0.15, 0.2) is 9.95 Å². The fraction of sp³-hybridized carbons (Fsp3) is 0.650. The summed E-state index contributed by atoms with van der Waals surface area (Å²) < 4.78 is 7.56. The molecule has 3 heterocycles. The molecule has 2 fully saturated rings. The molecule has 1 N–H and O–H groups in total. The van der Waals surface area contributed by atoms with Gasteiger partial charge in [-0.25, -0.2) is 4.98 Å². The van der Waals surface area contributed by atoms with Crippen LogP contribution in [0.1, 0.15) is 49.0 Å². The third-order valence-electron chi connectivity index (χ3n) is 5.72. The Morgan fingerprint density at radius 1 is 1.25 bits per heavy atom. The van der Waals surface area contributed by atoms with Crippen molar-refractivity contribution in [3.8, 4) is 0 Å². The molecule has 0 spiro atoms. The van der Waals surface area contributed by atoms with Gasteiger partial charge in [0.05, 0.1) is 23.8 Å². The number of carbonyl (C=O) groups excluding carboxylic acids is 1. The van der Waals surface area contributed by atoms with E-state index in [1.54, 1.807) is 15.9 Å². The van der Waals surface area contributed by atoms with Crippen LogP contribution in [0.3, 0.4) is 0 Å². The van der Waals surface area contributed by atoms with Crippen LogP contribution in [0.25, 0.3) is 10.2 Å². The highest BCUT2D eigenvalue weighted by Gasteiger charge is 2.26. The Labute approximate surface area is 172 Å². The molecule has 8 heteroatoms. The molecule has 1 saturated heterocycles. The molecule has 150 valence electrons. The van der Waals surface area contributed by atoms with E-state index in [0.29, 0.717) is 23.5 Å². The van der Waals surface area contributed by atoms with Crippen molar-refractivity contribution in [2.24, 2.45) is 0 Å². The first kappa shape index (κ1) is 18.6. The van der Waals surface area contributed by atoms with Gasteiger partial charge in [0.25, 0.3) is 5.56 Å². The van der Waals surface area contributed by atoms with Gasteiger partial charge in [0.1, 0.15) is 4.83 Å². The van der Waals surface area contributed by atoms with Gasteiger partial charge < -0.3 is 10.1 Å². The zero-order valence-corrected chi connectivity index (χ0v) is 17.5. The van der Waals surface area contributed by atoms with Gasteiger partial charge in [0, 0.05) is 17.5 Å². The Balaban J connectivity index is 1.49. The van der Waals surface area contributed by atoms with E-state index >= 15 is 0 Å². The van der Waals surface area contributed by atoms with E-state index in [0.717, 1.165) is 61.8 Å². The van der Waals surface area contributed by atoms with Gasteiger partial charge in [-0.1, -0.05) is 11.8 Å². The van der Waals surface area contributed by atoms with Crippen molar-refractivity contribution in [2.75, 3.05) is 12.4 Å². The Hall–Kier alpha value is -1.38. The average molecular weight is 420 g/mol. The first-order chi connectivity index (χ1) is 13.7. The van der Waals surface area contributed by atoms with E-state index in [1.807, 2.05) is 0 Å². The standard InChI is InChI=1S/C20H25N3O3S2/c24-16(21-12-7-8-12)11-27-20-22-18-17(14-5-1-2-6-15(14)28-18)19(25)23(20)10-13-4-3-9-26-13/h12-13H,1-11H2,(H,21,24)/t13-/m0/s1. The molecule has 2 aromatic heterocycles.